The van der Waals surface area contributed by atoms with Crippen LogP contribution in [0.5, 0.6) is 0 Å². The Morgan fingerprint density at radius 1 is 1.60 bits per heavy atom. The Balaban J connectivity index is 2.32. The summed E-state index contributed by atoms with van der Waals surface area (Å²) in [6.07, 6.45) is 0. The minimum atomic E-state index is 1.20. The zero-order valence-electron chi connectivity index (χ0n) is 2.68. The van der Waals surface area contributed by atoms with E-state index in [-0.39, 0.29) is 0 Å². The molecule has 0 atom stereocenters. The van der Waals surface area contributed by atoms with Gasteiger partial charge in [-0.2, -0.15) is 0 Å². The van der Waals surface area contributed by atoms with E-state index in [1.165, 1.54) is 6.56 Å². The van der Waals surface area contributed by atoms with E-state index in [1.807, 2.05) is 21.4 Å². The fourth-order valence-electron chi connectivity index (χ4n) is 0.196. The highest BCUT2D eigenvalue weighted by molar-refractivity contribution is 8.87. The fourth-order valence-corrected chi connectivity index (χ4v) is 1.77. The second-order valence-electron chi connectivity index (χ2n) is 0.753. The van der Waals surface area contributed by atoms with Crippen LogP contribution in [0.4, 0.5) is 0 Å². The van der Waals surface area contributed by atoms with Crippen molar-refractivity contribution in [2.45, 2.75) is 0 Å². The second kappa shape index (κ2) is 1.83. The molecule has 0 aromatic heterocycles. The first-order chi connectivity index (χ1) is 2.50. The zero-order valence-corrected chi connectivity index (χ0v) is 4.31. The highest BCUT2D eigenvalue weighted by Crippen LogP contribution is 2.25. The SMILES string of the molecule is B1C=CSS1. The molecule has 0 spiro atoms. The monoisotopic (exact) mass is 102 g/mol. The van der Waals surface area contributed by atoms with E-state index in [0.29, 0.717) is 0 Å². The molecular weight excluding hydrogens is 99.0 g/mol. The van der Waals surface area contributed by atoms with Gasteiger partial charge in [-0.25, -0.2) is 0 Å². The molecule has 3 heteroatoms. The van der Waals surface area contributed by atoms with Crippen LogP contribution in [-0.2, 0) is 0 Å². The van der Waals surface area contributed by atoms with Crippen molar-refractivity contribution in [1.29, 1.82) is 0 Å². The van der Waals surface area contributed by atoms with Crippen LogP contribution >= 0.6 is 21.4 Å². The molecule has 0 amide bonds. The average Bonchev–Trinajstić information content (AvgIpc) is 1.76. The van der Waals surface area contributed by atoms with Crippen LogP contribution in [0.3, 0.4) is 0 Å². The fraction of sp³-hybridized carbons (Fsp3) is 0. The molecule has 0 N–H and O–H groups in total. The highest BCUT2D eigenvalue weighted by atomic mass is 33.1. The Kier molecular flexibility index (Phi) is 1.35. The molecule has 0 aromatic rings. The first kappa shape index (κ1) is 3.69. The van der Waals surface area contributed by atoms with Gasteiger partial charge in [0.25, 0.3) is 0 Å². The molecule has 0 unspecified atom stereocenters. The van der Waals surface area contributed by atoms with Gasteiger partial charge in [-0.1, -0.05) is 16.8 Å². The summed E-state index contributed by atoms with van der Waals surface area (Å²) in [5.41, 5.74) is 0. The maximum absolute atomic E-state index is 2.16. The summed E-state index contributed by atoms with van der Waals surface area (Å²) in [6, 6.07) is 0. The molecule has 1 aliphatic rings. The van der Waals surface area contributed by atoms with Crippen molar-refractivity contribution in [2.75, 3.05) is 0 Å². The molecule has 1 rings (SSSR count). The zero-order chi connectivity index (χ0) is 3.54. The molecule has 0 aliphatic carbocycles. The maximum atomic E-state index is 2.16. The van der Waals surface area contributed by atoms with E-state index < -0.39 is 0 Å². The van der Waals surface area contributed by atoms with E-state index in [0.717, 1.165) is 0 Å². The first-order valence-corrected chi connectivity index (χ1v) is 3.81. The predicted molar refractivity (Wildman–Crippen MR) is 31.5 cm³/mol. The Morgan fingerprint density at radius 3 is 2.80 bits per heavy atom. The van der Waals surface area contributed by atoms with Gasteiger partial charge in [0.05, 0.1) is 0 Å². The summed E-state index contributed by atoms with van der Waals surface area (Å²) in [5.74, 6) is 2.16. The normalized spacial score (nSPS) is 19.2. The smallest absolute Gasteiger partial charge is 0.140 e. The van der Waals surface area contributed by atoms with Crippen LogP contribution < -0.4 is 0 Å². The molecule has 0 saturated heterocycles. The summed E-state index contributed by atoms with van der Waals surface area (Å²) in [6.45, 7) is 1.20. The van der Waals surface area contributed by atoms with Gasteiger partial charge in [-0.3, -0.25) is 0 Å². The largest absolute Gasteiger partial charge is 0.232 e. The molecule has 0 fully saturated rings. The lowest BCUT2D eigenvalue weighted by molar-refractivity contribution is 2.55. The topological polar surface area (TPSA) is 0 Å². The van der Waals surface area contributed by atoms with Crippen LogP contribution in [0.15, 0.2) is 11.4 Å². The van der Waals surface area contributed by atoms with Crippen molar-refractivity contribution in [3.05, 3.63) is 11.4 Å². The molecule has 0 bridgehead atoms. The lowest BCUT2D eigenvalue weighted by Gasteiger charge is -1.68. The van der Waals surface area contributed by atoms with Crippen molar-refractivity contribution in [3.63, 3.8) is 0 Å². The van der Waals surface area contributed by atoms with Crippen LogP contribution in [0.1, 0.15) is 0 Å². The number of hydrogen-bond donors (Lipinski definition) is 0. The third kappa shape index (κ3) is 0.933. The van der Waals surface area contributed by atoms with Crippen LogP contribution in [0.25, 0.3) is 0 Å². The van der Waals surface area contributed by atoms with Gasteiger partial charge in [0.1, 0.15) is 0 Å². The third-order valence-electron chi connectivity index (χ3n) is 0.384. The Labute approximate surface area is 39.9 Å². The van der Waals surface area contributed by atoms with Crippen molar-refractivity contribution in [1.82, 2.24) is 0 Å². The Bertz CT molecular complexity index is 45.6. The van der Waals surface area contributed by atoms with Gasteiger partial charge in [0.15, 0.2) is 0 Å². The van der Waals surface area contributed by atoms with E-state index in [2.05, 4.69) is 11.4 Å². The van der Waals surface area contributed by atoms with Crippen molar-refractivity contribution in [3.8, 4) is 0 Å². The van der Waals surface area contributed by atoms with Gasteiger partial charge < -0.3 is 0 Å². The molecule has 1 heterocycles. The van der Waals surface area contributed by atoms with Gasteiger partial charge in [0.2, 0.25) is 6.56 Å². The number of hydrogen-bond acceptors (Lipinski definition) is 2. The molecule has 5 heavy (non-hydrogen) atoms. The van der Waals surface area contributed by atoms with E-state index >= 15 is 0 Å². The predicted octanol–water partition coefficient (Wildman–Crippen LogP) is 1.20. The summed E-state index contributed by atoms with van der Waals surface area (Å²) in [5, 5.41) is 2.12. The lowest BCUT2D eigenvalue weighted by Crippen LogP contribution is -1.56. The standard InChI is InChI=1S/C2H3BS2/c1-2-4-5-3-1/h1-3H. The molecular formula is C2H3BS2. The highest BCUT2D eigenvalue weighted by Gasteiger charge is 1.89. The van der Waals surface area contributed by atoms with Crippen LogP contribution in [0.2, 0.25) is 0 Å². The van der Waals surface area contributed by atoms with Gasteiger partial charge in [-0.05, 0) is 5.41 Å². The van der Waals surface area contributed by atoms with E-state index in [1.54, 1.807) is 0 Å². The Hall–Kier alpha value is 0.505. The van der Waals surface area contributed by atoms with Crippen LogP contribution in [0, 0.1) is 0 Å². The van der Waals surface area contributed by atoms with E-state index in [4.69, 9.17) is 0 Å². The van der Waals surface area contributed by atoms with Gasteiger partial charge >= 0.3 is 0 Å². The summed E-state index contributed by atoms with van der Waals surface area (Å²) in [4.78, 5) is 0. The minimum absolute atomic E-state index is 1.20. The van der Waals surface area contributed by atoms with Gasteiger partial charge in [-0.15, -0.1) is 10.6 Å². The molecule has 0 radical (unpaired) electrons. The summed E-state index contributed by atoms with van der Waals surface area (Å²) >= 11 is 0. The van der Waals surface area contributed by atoms with Crippen molar-refractivity contribution >= 4 is 28.0 Å². The third-order valence-corrected chi connectivity index (χ3v) is 2.30. The van der Waals surface area contributed by atoms with Crippen LogP contribution in [-0.4, -0.2) is 6.56 Å². The molecule has 0 aromatic carbocycles. The first-order valence-electron chi connectivity index (χ1n) is 1.43. The summed E-state index contributed by atoms with van der Waals surface area (Å²) < 4.78 is 0. The molecule has 0 saturated carbocycles. The van der Waals surface area contributed by atoms with Crippen molar-refractivity contribution < 1.29 is 0 Å². The molecule has 0 nitrogen and oxygen atoms in total. The second-order valence-corrected chi connectivity index (χ2v) is 3.07. The molecule has 26 valence electrons. The lowest BCUT2D eigenvalue weighted by atomic mass is 10.1. The van der Waals surface area contributed by atoms with Crippen molar-refractivity contribution in [2.24, 2.45) is 0 Å². The average molecular weight is 102 g/mol. The Morgan fingerprint density at radius 2 is 2.60 bits per heavy atom. The number of rotatable bonds is 0. The summed E-state index contributed by atoms with van der Waals surface area (Å²) in [7, 11) is 3.69. The quantitative estimate of drug-likeness (QED) is 0.333. The minimum Gasteiger partial charge on any atom is -0.140 e. The maximum Gasteiger partial charge on any atom is 0.232 e. The molecule has 1 aliphatic heterocycles. The van der Waals surface area contributed by atoms with Gasteiger partial charge in [0, 0.05) is 0 Å². The van der Waals surface area contributed by atoms with E-state index in [9.17, 15) is 0 Å².